The number of likely N-dealkylation sites (tertiary alicyclic amines) is 1. The molecular weight excluding hydrogens is 236 g/mol. The third kappa shape index (κ3) is 3.60. The average molecular weight is 258 g/mol. The summed E-state index contributed by atoms with van der Waals surface area (Å²) < 4.78 is 5.22. The quantitative estimate of drug-likeness (QED) is 0.794. The van der Waals surface area contributed by atoms with Crippen LogP contribution in [0.1, 0.15) is 20.3 Å². The molecule has 0 aromatic carbocycles. The molecule has 0 aromatic heterocycles. The average Bonchev–Trinajstić information content (AvgIpc) is 2.83. The molecule has 0 bridgehead atoms. The molecule has 2 amide bonds. The molecule has 1 rings (SSSR count). The van der Waals surface area contributed by atoms with Gasteiger partial charge >= 0.3 is 12.0 Å². The molecule has 2 unspecified atom stereocenters. The first-order chi connectivity index (χ1) is 8.49. The Kier molecular flexibility index (Phi) is 5.40. The smallest absolute Gasteiger partial charge is 0.320 e. The highest BCUT2D eigenvalue weighted by molar-refractivity contribution is 5.76. The Balaban J connectivity index is 2.54. The van der Waals surface area contributed by atoms with Gasteiger partial charge in [0.15, 0.2) is 0 Å². The Labute approximate surface area is 107 Å². The number of hydrogen-bond donors (Lipinski definition) is 1. The Morgan fingerprint density at radius 2 is 2.22 bits per heavy atom. The summed E-state index contributed by atoms with van der Waals surface area (Å²) in [6, 6.07) is -0.0925. The first kappa shape index (κ1) is 14.8. The number of hydrogen-bond acceptors (Lipinski definition) is 3. The highest BCUT2D eigenvalue weighted by Crippen LogP contribution is 2.14. The fourth-order valence-electron chi connectivity index (χ4n) is 2.05. The third-order valence-corrected chi connectivity index (χ3v) is 3.32. The van der Waals surface area contributed by atoms with Crippen molar-refractivity contribution in [3.8, 4) is 0 Å². The fraction of sp³-hybridized carbons (Fsp3) is 0.833. The molecule has 0 spiro atoms. The lowest BCUT2D eigenvalue weighted by molar-refractivity contribution is -0.141. The molecule has 1 N–H and O–H groups in total. The van der Waals surface area contributed by atoms with Crippen LogP contribution in [0.2, 0.25) is 0 Å². The number of carboxylic acid groups (broad SMARTS) is 1. The van der Waals surface area contributed by atoms with Gasteiger partial charge in [-0.1, -0.05) is 6.92 Å². The lowest BCUT2D eigenvalue weighted by Gasteiger charge is -2.28. The Hall–Kier alpha value is -1.30. The van der Waals surface area contributed by atoms with Gasteiger partial charge in [0, 0.05) is 33.3 Å². The summed E-state index contributed by atoms with van der Waals surface area (Å²) in [5, 5.41) is 8.88. The fourth-order valence-corrected chi connectivity index (χ4v) is 2.05. The second-order valence-corrected chi connectivity index (χ2v) is 4.65. The summed E-state index contributed by atoms with van der Waals surface area (Å²) in [6.07, 6.45) is 0.943. The van der Waals surface area contributed by atoms with Crippen molar-refractivity contribution in [2.24, 2.45) is 5.92 Å². The highest BCUT2D eigenvalue weighted by atomic mass is 16.5. The molecule has 1 fully saturated rings. The van der Waals surface area contributed by atoms with Crippen molar-refractivity contribution in [2.45, 2.75) is 26.4 Å². The molecule has 0 aromatic rings. The van der Waals surface area contributed by atoms with Gasteiger partial charge in [0.25, 0.3) is 0 Å². The van der Waals surface area contributed by atoms with Crippen LogP contribution < -0.4 is 0 Å². The van der Waals surface area contributed by atoms with Crippen molar-refractivity contribution in [1.29, 1.82) is 0 Å². The minimum atomic E-state index is -0.877. The molecule has 6 heteroatoms. The predicted octanol–water partition coefficient (Wildman–Crippen LogP) is 0.870. The number of carbonyl (C=O) groups excluding carboxylic acids is 1. The molecule has 0 aliphatic carbocycles. The van der Waals surface area contributed by atoms with E-state index in [1.165, 1.54) is 0 Å². The minimum Gasteiger partial charge on any atom is -0.481 e. The molecule has 1 heterocycles. The second kappa shape index (κ2) is 6.58. The van der Waals surface area contributed by atoms with Gasteiger partial charge in [-0.15, -0.1) is 0 Å². The van der Waals surface area contributed by atoms with Gasteiger partial charge in [-0.05, 0) is 13.3 Å². The number of ether oxygens (including phenoxy) is 1. The summed E-state index contributed by atoms with van der Waals surface area (Å²) in [4.78, 5) is 26.3. The summed E-state index contributed by atoms with van der Waals surface area (Å²) in [5.74, 6) is -1.42. The molecule has 0 radical (unpaired) electrons. The number of carbonyl (C=O) groups is 2. The zero-order chi connectivity index (χ0) is 13.7. The molecule has 1 saturated heterocycles. The molecule has 1 aliphatic rings. The van der Waals surface area contributed by atoms with Crippen molar-refractivity contribution in [3.63, 3.8) is 0 Å². The Morgan fingerprint density at radius 3 is 2.67 bits per heavy atom. The van der Waals surface area contributed by atoms with E-state index in [4.69, 9.17) is 9.84 Å². The lowest BCUT2D eigenvalue weighted by Crippen LogP contribution is -2.45. The van der Waals surface area contributed by atoms with E-state index in [1.54, 1.807) is 23.8 Å². The van der Waals surface area contributed by atoms with Crippen LogP contribution in [0.15, 0.2) is 0 Å². The molecule has 18 heavy (non-hydrogen) atoms. The van der Waals surface area contributed by atoms with Gasteiger partial charge in [-0.25, -0.2) is 4.79 Å². The SMILES string of the molecule is CCN(CC(C)C(=O)O)C(=O)N1CCC(OC)C1. The van der Waals surface area contributed by atoms with Crippen LogP contribution in [0.3, 0.4) is 0 Å². The van der Waals surface area contributed by atoms with Crippen LogP contribution in [-0.4, -0.2) is 66.3 Å². The number of nitrogens with zero attached hydrogens (tertiary/aromatic N) is 2. The van der Waals surface area contributed by atoms with E-state index in [1.807, 2.05) is 6.92 Å². The van der Waals surface area contributed by atoms with Crippen molar-refractivity contribution < 1.29 is 19.4 Å². The van der Waals surface area contributed by atoms with Crippen molar-refractivity contribution in [1.82, 2.24) is 9.80 Å². The second-order valence-electron chi connectivity index (χ2n) is 4.65. The molecule has 1 aliphatic heterocycles. The van der Waals surface area contributed by atoms with E-state index >= 15 is 0 Å². The van der Waals surface area contributed by atoms with E-state index in [9.17, 15) is 9.59 Å². The molecular formula is C12H22N2O4. The van der Waals surface area contributed by atoms with Gasteiger partial charge in [0.05, 0.1) is 12.0 Å². The lowest BCUT2D eigenvalue weighted by atomic mass is 10.2. The summed E-state index contributed by atoms with van der Waals surface area (Å²) in [7, 11) is 1.64. The first-order valence-electron chi connectivity index (χ1n) is 6.29. The standard InChI is InChI=1S/C12H22N2O4/c1-4-13(7-9(2)11(15)16)12(17)14-6-5-10(8-14)18-3/h9-10H,4-8H2,1-3H3,(H,15,16). The van der Waals surface area contributed by atoms with Gasteiger partial charge in [-0.3, -0.25) is 4.79 Å². The molecule has 6 nitrogen and oxygen atoms in total. The topological polar surface area (TPSA) is 70.1 Å². The van der Waals surface area contributed by atoms with E-state index in [0.29, 0.717) is 19.6 Å². The van der Waals surface area contributed by atoms with Gasteiger partial charge < -0.3 is 19.6 Å². The van der Waals surface area contributed by atoms with Gasteiger partial charge in [-0.2, -0.15) is 0 Å². The minimum absolute atomic E-state index is 0.0925. The number of aliphatic carboxylic acids is 1. The van der Waals surface area contributed by atoms with Gasteiger partial charge in [0.1, 0.15) is 0 Å². The molecule has 104 valence electrons. The number of urea groups is 1. The maximum Gasteiger partial charge on any atom is 0.320 e. The van der Waals surface area contributed by atoms with E-state index < -0.39 is 11.9 Å². The number of carboxylic acids is 1. The van der Waals surface area contributed by atoms with Crippen molar-refractivity contribution >= 4 is 12.0 Å². The Morgan fingerprint density at radius 1 is 1.56 bits per heavy atom. The number of rotatable bonds is 5. The van der Waals surface area contributed by atoms with Crippen LogP contribution in [-0.2, 0) is 9.53 Å². The van der Waals surface area contributed by atoms with Crippen LogP contribution in [0.5, 0.6) is 0 Å². The summed E-state index contributed by atoms with van der Waals surface area (Å²) >= 11 is 0. The maximum atomic E-state index is 12.2. The van der Waals surface area contributed by atoms with E-state index in [0.717, 1.165) is 6.42 Å². The van der Waals surface area contributed by atoms with Crippen LogP contribution in [0.4, 0.5) is 4.79 Å². The van der Waals surface area contributed by atoms with Crippen LogP contribution in [0, 0.1) is 5.92 Å². The monoisotopic (exact) mass is 258 g/mol. The third-order valence-electron chi connectivity index (χ3n) is 3.32. The number of methoxy groups -OCH3 is 1. The largest absolute Gasteiger partial charge is 0.481 e. The predicted molar refractivity (Wildman–Crippen MR) is 66.4 cm³/mol. The van der Waals surface area contributed by atoms with Crippen molar-refractivity contribution in [3.05, 3.63) is 0 Å². The summed E-state index contributed by atoms with van der Waals surface area (Å²) in [6.45, 7) is 5.50. The Bertz CT molecular complexity index is 308. The van der Waals surface area contributed by atoms with E-state index in [2.05, 4.69) is 0 Å². The zero-order valence-corrected chi connectivity index (χ0v) is 11.3. The molecule has 2 atom stereocenters. The van der Waals surface area contributed by atoms with Crippen LogP contribution in [0.25, 0.3) is 0 Å². The zero-order valence-electron chi connectivity index (χ0n) is 11.3. The maximum absolute atomic E-state index is 12.2. The molecule has 0 saturated carbocycles. The van der Waals surface area contributed by atoms with Crippen LogP contribution >= 0.6 is 0 Å². The number of amides is 2. The van der Waals surface area contributed by atoms with Gasteiger partial charge in [0.2, 0.25) is 0 Å². The first-order valence-corrected chi connectivity index (χ1v) is 6.29. The normalized spacial score (nSPS) is 20.8. The van der Waals surface area contributed by atoms with E-state index in [-0.39, 0.29) is 18.7 Å². The highest BCUT2D eigenvalue weighted by Gasteiger charge is 2.29. The van der Waals surface area contributed by atoms with Crippen molar-refractivity contribution in [2.75, 3.05) is 33.3 Å². The summed E-state index contributed by atoms with van der Waals surface area (Å²) in [5.41, 5.74) is 0.